The first kappa shape index (κ1) is 16.0. The van der Waals surface area contributed by atoms with E-state index < -0.39 is 0 Å². The Morgan fingerprint density at radius 2 is 2.14 bits per heavy atom. The second-order valence-electron chi connectivity index (χ2n) is 6.36. The van der Waals surface area contributed by atoms with Crippen molar-refractivity contribution >= 4 is 5.91 Å². The summed E-state index contributed by atoms with van der Waals surface area (Å²) < 4.78 is 0. The van der Waals surface area contributed by atoms with Gasteiger partial charge in [-0.15, -0.1) is 0 Å². The third-order valence-corrected chi connectivity index (χ3v) is 4.31. The van der Waals surface area contributed by atoms with Crippen LogP contribution in [0, 0.1) is 13.8 Å². The fourth-order valence-corrected chi connectivity index (χ4v) is 3.10. The number of rotatable bonds is 4. The molecule has 4 heteroatoms. The fraction of sp³-hybridized carbons (Fsp3) is 0.647. The lowest BCUT2D eigenvalue weighted by atomic mass is 9.99. The van der Waals surface area contributed by atoms with Gasteiger partial charge in [-0.05, 0) is 58.0 Å². The van der Waals surface area contributed by atoms with E-state index in [9.17, 15) is 4.79 Å². The minimum Gasteiger partial charge on any atom is -0.340 e. The van der Waals surface area contributed by atoms with Crippen LogP contribution in [0.1, 0.15) is 42.6 Å². The Hall–Kier alpha value is -1.42. The van der Waals surface area contributed by atoms with Crippen LogP contribution in [0.2, 0.25) is 0 Å². The number of amides is 1. The highest BCUT2D eigenvalue weighted by Gasteiger charge is 2.23. The molecule has 0 saturated carbocycles. The van der Waals surface area contributed by atoms with Crippen molar-refractivity contribution in [1.29, 1.82) is 0 Å². The third-order valence-electron chi connectivity index (χ3n) is 4.31. The van der Waals surface area contributed by atoms with Gasteiger partial charge >= 0.3 is 0 Å². The molecule has 1 amide bonds. The normalized spacial score (nSPS) is 19.5. The second-order valence-corrected chi connectivity index (χ2v) is 6.36. The quantitative estimate of drug-likeness (QED) is 0.854. The lowest BCUT2D eigenvalue weighted by molar-refractivity contribution is -0.132. The predicted octanol–water partition coefficient (Wildman–Crippen LogP) is 2.53. The molecule has 0 bridgehead atoms. The van der Waals surface area contributed by atoms with Crippen molar-refractivity contribution in [3.63, 3.8) is 0 Å². The summed E-state index contributed by atoms with van der Waals surface area (Å²) in [6.07, 6.45) is 4.25. The largest absolute Gasteiger partial charge is 0.340 e. The van der Waals surface area contributed by atoms with Crippen LogP contribution in [-0.4, -0.2) is 47.4 Å². The molecule has 1 aromatic heterocycles. The molecule has 1 aliphatic heterocycles. The van der Waals surface area contributed by atoms with Crippen molar-refractivity contribution in [3.8, 4) is 0 Å². The number of hydrogen-bond acceptors (Lipinski definition) is 3. The zero-order valence-electron chi connectivity index (χ0n) is 13.7. The van der Waals surface area contributed by atoms with Gasteiger partial charge in [0, 0.05) is 25.2 Å². The molecule has 0 aromatic carbocycles. The van der Waals surface area contributed by atoms with Crippen LogP contribution in [0.5, 0.6) is 0 Å². The van der Waals surface area contributed by atoms with Crippen molar-refractivity contribution in [2.24, 2.45) is 0 Å². The average Bonchev–Trinajstić information content (AvgIpc) is 2.40. The average molecular weight is 289 g/mol. The molecule has 1 aromatic rings. The van der Waals surface area contributed by atoms with E-state index in [1.807, 2.05) is 18.9 Å². The van der Waals surface area contributed by atoms with E-state index in [-0.39, 0.29) is 5.91 Å². The molecular formula is C17H27N3O. The number of piperidine rings is 1. The topological polar surface area (TPSA) is 36.4 Å². The molecule has 1 fully saturated rings. The number of aromatic nitrogens is 1. The Morgan fingerprint density at radius 1 is 1.38 bits per heavy atom. The van der Waals surface area contributed by atoms with Gasteiger partial charge in [-0.2, -0.15) is 0 Å². The fourth-order valence-electron chi connectivity index (χ4n) is 3.10. The van der Waals surface area contributed by atoms with Gasteiger partial charge in [-0.25, -0.2) is 0 Å². The lowest BCUT2D eigenvalue weighted by Gasteiger charge is -2.33. The summed E-state index contributed by atoms with van der Waals surface area (Å²) in [4.78, 5) is 21.0. The third kappa shape index (κ3) is 4.53. The molecule has 1 atom stereocenters. The number of likely N-dealkylation sites (tertiary alicyclic amines) is 1. The smallest absolute Gasteiger partial charge is 0.224 e. The Morgan fingerprint density at radius 3 is 2.81 bits per heavy atom. The van der Waals surface area contributed by atoms with Crippen molar-refractivity contribution in [2.45, 2.75) is 52.1 Å². The Labute approximate surface area is 128 Å². The molecule has 0 N–H and O–H groups in total. The SMILES string of the molecule is Cc1cc(C)nc(CN(C)C(=O)C[C@@H]2CCCCN2C)c1. The van der Waals surface area contributed by atoms with Gasteiger partial charge in [0.2, 0.25) is 5.91 Å². The number of pyridine rings is 1. The Balaban J connectivity index is 1.92. The van der Waals surface area contributed by atoms with E-state index in [1.54, 1.807) is 0 Å². The number of nitrogens with zero attached hydrogens (tertiary/aromatic N) is 3. The summed E-state index contributed by atoms with van der Waals surface area (Å²) in [5.41, 5.74) is 3.18. The predicted molar refractivity (Wildman–Crippen MR) is 85.1 cm³/mol. The maximum Gasteiger partial charge on any atom is 0.224 e. The van der Waals surface area contributed by atoms with Gasteiger partial charge in [0.15, 0.2) is 0 Å². The van der Waals surface area contributed by atoms with Crippen LogP contribution >= 0.6 is 0 Å². The van der Waals surface area contributed by atoms with E-state index in [0.29, 0.717) is 19.0 Å². The molecule has 21 heavy (non-hydrogen) atoms. The van der Waals surface area contributed by atoms with E-state index >= 15 is 0 Å². The highest BCUT2D eigenvalue weighted by molar-refractivity contribution is 5.76. The van der Waals surface area contributed by atoms with Gasteiger partial charge in [0.25, 0.3) is 0 Å². The molecule has 116 valence electrons. The summed E-state index contributed by atoms with van der Waals surface area (Å²) in [7, 11) is 4.01. The molecule has 0 aliphatic carbocycles. The van der Waals surface area contributed by atoms with Crippen molar-refractivity contribution in [1.82, 2.24) is 14.8 Å². The molecule has 0 unspecified atom stereocenters. The molecular weight excluding hydrogens is 262 g/mol. The maximum atomic E-state index is 12.4. The van der Waals surface area contributed by atoms with Crippen LogP contribution in [0.25, 0.3) is 0 Å². The maximum absolute atomic E-state index is 12.4. The first-order valence-electron chi connectivity index (χ1n) is 7.84. The number of carbonyl (C=O) groups excluding carboxylic acids is 1. The summed E-state index contributed by atoms with van der Waals surface area (Å²) in [5, 5.41) is 0. The number of carbonyl (C=O) groups is 1. The first-order chi connectivity index (χ1) is 9.95. The zero-order chi connectivity index (χ0) is 15.4. The molecule has 0 radical (unpaired) electrons. The first-order valence-corrected chi connectivity index (χ1v) is 7.84. The summed E-state index contributed by atoms with van der Waals surface area (Å²) >= 11 is 0. The van der Waals surface area contributed by atoms with E-state index in [0.717, 1.165) is 24.4 Å². The zero-order valence-corrected chi connectivity index (χ0v) is 13.7. The molecule has 0 spiro atoms. The van der Waals surface area contributed by atoms with Crippen molar-refractivity contribution in [2.75, 3.05) is 20.6 Å². The Kier molecular flexibility index (Phi) is 5.34. The van der Waals surface area contributed by atoms with E-state index in [1.165, 1.54) is 18.4 Å². The summed E-state index contributed by atoms with van der Waals surface area (Å²) in [6, 6.07) is 4.52. The highest BCUT2D eigenvalue weighted by atomic mass is 16.2. The van der Waals surface area contributed by atoms with Crippen molar-refractivity contribution in [3.05, 3.63) is 29.1 Å². The second kappa shape index (κ2) is 7.03. The standard InChI is InChI=1S/C17H27N3O/c1-13-9-14(2)18-15(10-13)12-20(4)17(21)11-16-7-5-6-8-19(16)3/h9-10,16H,5-8,11-12H2,1-4H3/t16-/m0/s1. The van der Waals surface area contributed by atoms with Gasteiger partial charge in [-0.3, -0.25) is 9.78 Å². The highest BCUT2D eigenvalue weighted by Crippen LogP contribution is 2.18. The van der Waals surface area contributed by atoms with Crippen LogP contribution in [0.3, 0.4) is 0 Å². The molecule has 1 saturated heterocycles. The summed E-state index contributed by atoms with van der Waals surface area (Å²) in [6.45, 7) is 5.77. The molecule has 2 heterocycles. The van der Waals surface area contributed by atoms with Crippen LogP contribution in [0.4, 0.5) is 0 Å². The minimum absolute atomic E-state index is 0.217. The van der Waals surface area contributed by atoms with Gasteiger partial charge in [0.05, 0.1) is 12.2 Å². The minimum atomic E-state index is 0.217. The molecule has 1 aliphatic rings. The Bertz CT molecular complexity index is 481. The number of aryl methyl sites for hydroxylation is 2. The van der Waals surface area contributed by atoms with Gasteiger partial charge < -0.3 is 9.80 Å². The van der Waals surface area contributed by atoms with Crippen LogP contribution in [-0.2, 0) is 11.3 Å². The molecule has 4 nitrogen and oxygen atoms in total. The van der Waals surface area contributed by atoms with E-state index in [2.05, 4.69) is 36.0 Å². The van der Waals surface area contributed by atoms with Crippen LogP contribution in [0.15, 0.2) is 12.1 Å². The lowest BCUT2D eigenvalue weighted by Crippen LogP contribution is -2.40. The van der Waals surface area contributed by atoms with Gasteiger partial charge in [-0.1, -0.05) is 6.42 Å². The monoisotopic (exact) mass is 289 g/mol. The summed E-state index contributed by atoms with van der Waals surface area (Å²) in [5.74, 6) is 0.217. The number of hydrogen-bond donors (Lipinski definition) is 0. The molecule has 2 rings (SSSR count). The van der Waals surface area contributed by atoms with Crippen LogP contribution < -0.4 is 0 Å². The van der Waals surface area contributed by atoms with Gasteiger partial charge in [0.1, 0.15) is 0 Å². The van der Waals surface area contributed by atoms with Crippen molar-refractivity contribution < 1.29 is 4.79 Å². The van der Waals surface area contributed by atoms with E-state index in [4.69, 9.17) is 0 Å².